The number of benzene rings is 1. The van der Waals surface area contributed by atoms with Crippen LogP contribution in [-0.4, -0.2) is 16.5 Å². The van der Waals surface area contributed by atoms with Gasteiger partial charge in [-0.15, -0.1) is 0 Å². The molecule has 1 aromatic heterocycles. The number of nitrogens with two attached hydrogens (primary N) is 1. The molecule has 0 saturated carbocycles. The van der Waals surface area contributed by atoms with E-state index in [1.807, 2.05) is 6.07 Å². The number of hydrogen-bond donors (Lipinski definition) is 2. The van der Waals surface area contributed by atoms with E-state index in [0.717, 1.165) is 11.4 Å². The normalized spacial score (nSPS) is 10.3. The highest BCUT2D eigenvalue weighted by atomic mass is 19.1. The lowest BCUT2D eigenvalue weighted by Crippen LogP contribution is -2.08. The van der Waals surface area contributed by atoms with Gasteiger partial charge >= 0.3 is 0 Å². The molecule has 2 rings (SSSR count). The Labute approximate surface area is 105 Å². The van der Waals surface area contributed by atoms with Crippen molar-refractivity contribution in [1.82, 2.24) is 9.97 Å². The maximum absolute atomic E-state index is 13.0. The van der Waals surface area contributed by atoms with Gasteiger partial charge in [0.25, 0.3) is 0 Å². The molecule has 0 spiro atoms. The lowest BCUT2D eigenvalue weighted by molar-refractivity contribution is 0.626. The lowest BCUT2D eigenvalue weighted by atomic mass is 10.2. The molecule has 0 aliphatic rings. The third kappa shape index (κ3) is 3.49. The van der Waals surface area contributed by atoms with Crippen LogP contribution in [0.4, 0.5) is 10.2 Å². The van der Waals surface area contributed by atoms with Crippen molar-refractivity contribution < 1.29 is 4.39 Å². The minimum absolute atomic E-state index is 0.235. The second-order valence-electron chi connectivity index (χ2n) is 3.88. The van der Waals surface area contributed by atoms with Gasteiger partial charge in [-0.1, -0.05) is 12.1 Å². The summed E-state index contributed by atoms with van der Waals surface area (Å²) >= 11 is 0. The van der Waals surface area contributed by atoms with Crippen LogP contribution in [-0.2, 0) is 13.0 Å². The predicted molar refractivity (Wildman–Crippen MR) is 68.5 cm³/mol. The van der Waals surface area contributed by atoms with Gasteiger partial charge in [-0.05, 0) is 30.3 Å². The molecule has 1 aromatic carbocycles. The fraction of sp³-hybridized carbons (Fsp3) is 0.231. The van der Waals surface area contributed by atoms with Gasteiger partial charge in [0, 0.05) is 19.2 Å². The SMILES string of the molecule is NCCc1nccc(NCc2cccc(F)c2)n1. The van der Waals surface area contributed by atoms with E-state index in [9.17, 15) is 4.39 Å². The van der Waals surface area contributed by atoms with Gasteiger partial charge in [0.2, 0.25) is 0 Å². The fourth-order valence-corrected chi connectivity index (χ4v) is 1.59. The van der Waals surface area contributed by atoms with Gasteiger partial charge in [0.05, 0.1) is 0 Å². The number of aromatic nitrogens is 2. The van der Waals surface area contributed by atoms with E-state index in [-0.39, 0.29) is 5.82 Å². The first-order valence-electron chi connectivity index (χ1n) is 5.78. The number of rotatable bonds is 5. The maximum Gasteiger partial charge on any atom is 0.131 e. The predicted octanol–water partition coefficient (Wildman–Crippen LogP) is 1.73. The quantitative estimate of drug-likeness (QED) is 0.843. The van der Waals surface area contributed by atoms with E-state index in [0.29, 0.717) is 25.3 Å². The van der Waals surface area contributed by atoms with Crippen LogP contribution in [0.5, 0.6) is 0 Å². The standard InChI is InChI=1S/C13H15FN4/c14-11-3-1-2-10(8-11)9-17-13-5-7-16-12(18-13)4-6-15/h1-3,5,7-8H,4,6,9,15H2,(H,16,17,18). The van der Waals surface area contributed by atoms with Crippen LogP contribution in [0.3, 0.4) is 0 Å². The highest BCUT2D eigenvalue weighted by Crippen LogP contribution is 2.07. The molecule has 0 amide bonds. The Kier molecular flexibility index (Phi) is 4.20. The molecular weight excluding hydrogens is 231 g/mol. The lowest BCUT2D eigenvalue weighted by Gasteiger charge is -2.06. The molecule has 0 aliphatic carbocycles. The van der Waals surface area contributed by atoms with Gasteiger partial charge in [-0.25, -0.2) is 14.4 Å². The van der Waals surface area contributed by atoms with Crippen LogP contribution < -0.4 is 11.1 Å². The van der Waals surface area contributed by atoms with Crippen LogP contribution in [0.1, 0.15) is 11.4 Å². The largest absolute Gasteiger partial charge is 0.366 e. The summed E-state index contributed by atoms with van der Waals surface area (Å²) in [6.45, 7) is 1.05. The van der Waals surface area contributed by atoms with E-state index in [4.69, 9.17) is 5.73 Å². The molecule has 94 valence electrons. The second-order valence-corrected chi connectivity index (χ2v) is 3.88. The van der Waals surface area contributed by atoms with Crippen molar-refractivity contribution in [3.63, 3.8) is 0 Å². The van der Waals surface area contributed by atoms with Gasteiger partial charge in [0.15, 0.2) is 0 Å². The topological polar surface area (TPSA) is 63.8 Å². The minimum Gasteiger partial charge on any atom is -0.366 e. The summed E-state index contributed by atoms with van der Waals surface area (Å²) in [5.41, 5.74) is 6.32. The van der Waals surface area contributed by atoms with Crippen molar-refractivity contribution in [2.24, 2.45) is 5.73 Å². The molecule has 5 heteroatoms. The summed E-state index contributed by atoms with van der Waals surface area (Å²) in [7, 11) is 0. The van der Waals surface area contributed by atoms with Crippen LogP contribution in [0.15, 0.2) is 36.5 Å². The number of hydrogen-bond acceptors (Lipinski definition) is 4. The Bertz CT molecular complexity index is 516. The van der Waals surface area contributed by atoms with E-state index in [1.54, 1.807) is 18.3 Å². The smallest absolute Gasteiger partial charge is 0.131 e. The van der Waals surface area contributed by atoms with Crippen molar-refractivity contribution in [3.8, 4) is 0 Å². The minimum atomic E-state index is -0.235. The Morgan fingerprint density at radius 3 is 2.94 bits per heavy atom. The number of nitrogens with one attached hydrogen (secondary N) is 1. The van der Waals surface area contributed by atoms with E-state index in [2.05, 4.69) is 15.3 Å². The molecule has 4 nitrogen and oxygen atoms in total. The third-order valence-electron chi connectivity index (χ3n) is 2.44. The molecule has 0 bridgehead atoms. The van der Waals surface area contributed by atoms with Gasteiger partial charge in [0.1, 0.15) is 17.5 Å². The second kappa shape index (κ2) is 6.07. The molecule has 18 heavy (non-hydrogen) atoms. The first-order valence-corrected chi connectivity index (χ1v) is 5.78. The Hall–Kier alpha value is -2.01. The van der Waals surface area contributed by atoms with E-state index < -0.39 is 0 Å². The van der Waals surface area contributed by atoms with Crippen molar-refractivity contribution in [2.45, 2.75) is 13.0 Å². The molecule has 3 N–H and O–H groups in total. The zero-order chi connectivity index (χ0) is 12.8. The fourth-order valence-electron chi connectivity index (χ4n) is 1.59. The molecule has 0 radical (unpaired) electrons. The molecule has 0 unspecified atom stereocenters. The average molecular weight is 246 g/mol. The first kappa shape index (κ1) is 12.4. The molecule has 0 saturated heterocycles. The summed E-state index contributed by atoms with van der Waals surface area (Å²) in [4.78, 5) is 8.41. The third-order valence-corrected chi connectivity index (χ3v) is 2.44. The molecule has 0 atom stereocenters. The average Bonchev–Trinajstić information content (AvgIpc) is 2.37. The molecule has 2 aromatic rings. The zero-order valence-electron chi connectivity index (χ0n) is 9.94. The van der Waals surface area contributed by atoms with Crippen molar-refractivity contribution in [2.75, 3.05) is 11.9 Å². The highest BCUT2D eigenvalue weighted by Gasteiger charge is 1.99. The summed E-state index contributed by atoms with van der Waals surface area (Å²) in [6.07, 6.45) is 2.33. The van der Waals surface area contributed by atoms with Gasteiger partial charge in [-0.3, -0.25) is 0 Å². The summed E-state index contributed by atoms with van der Waals surface area (Å²) in [5, 5.41) is 3.13. The van der Waals surface area contributed by atoms with Crippen molar-refractivity contribution >= 4 is 5.82 Å². The Morgan fingerprint density at radius 1 is 1.28 bits per heavy atom. The monoisotopic (exact) mass is 246 g/mol. The summed E-state index contributed by atoms with van der Waals surface area (Å²) in [5.74, 6) is 1.19. The Balaban J connectivity index is 1.99. The summed E-state index contributed by atoms with van der Waals surface area (Å²) in [6, 6.07) is 8.24. The zero-order valence-corrected chi connectivity index (χ0v) is 9.94. The van der Waals surface area contributed by atoms with Crippen LogP contribution in [0, 0.1) is 5.82 Å². The van der Waals surface area contributed by atoms with Gasteiger partial charge in [-0.2, -0.15) is 0 Å². The number of anilines is 1. The molecule has 0 fully saturated rings. The summed E-state index contributed by atoms with van der Waals surface area (Å²) < 4.78 is 13.0. The number of halogens is 1. The molecular formula is C13H15FN4. The Morgan fingerprint density at radius 2 is 2.17 bits per heavy atom. The van der Waals surface area contributed by atoms with Crippen molar-refractivity contribution in [1.29, 1.82) is 0 Å². The maximum atomic E-state index is 13.0. The van der Waals surface area contributed by atoms with Crippen LogP contribution in [0.2, 0.25) is 0 Å². The highest BCUT2D eigenvalue weighted by molar-refractivity contribution is 5.34. The van der Waals surface area contributed by atoms with Gasteiger partial charge < -0.3 is 11.1 Å². The molecule has 0 aliphatic heterocycles. The van der Waals surface area contributed by atoms with Crippen molar-refractivity contribution in [3.05, 3.63) is 53.7 Å². The van der Waals surface area contributed by atoms with Crippen LogP contribution >= 0.6 is 0 Å². The number of nitrogens with zero attached hydrogens (tertiary/aromatic N) is 2. The van der Waals surface area contributed by atoms with E-state index in [1.165, 1.54) is 12.1 Å². The van der Waals surface area contributed by atoms with E-state index >= 15 is 0 Å². The first-order chi connectivity index (χ1) is 8.78. The molecule has 1 heterocycles. The van der Waals surface area contributed by atoms with Crippen LogP contribution in [0.25, 0.3) is 0 Å².